The third-order valence-electron chi connectivity index (χ3n) is 9.87. The topological polar surface area (TPSA) is 106 Å². The zero-order valence-electron chi connectivity index (χ0n) is 34.8. The molecule has 0 fully saturated rings. The summed E-state index contributed by atoms with van der Waals surface area (Å²) in [5.41, 5.74) is 3.24. The average molecular weight is 937 g/mol. The van der Waals surface area contributed by atoms with Crippen LogP contribution in [0.15, 0.2) is 45.3 Å². The first-order valence-electron chi connectivity index (χ1n) is 18.3. The number of hydrogen-bond donors (Lipinski definition) is 3. The predicted molar refractivity (Wildman–Crippen MR) is 238 cm³/mol. The van der Waals surface area contributed by atoms with Crippen LogP contribution in [0.2, 0.25) is 36.3 Å². The van der Waals surface area contributed by atoms with Crippen LogP contribution in [0.25, 0.3) is 0 Å². The van der Waals surface area contributed by atoms with Crippen LogP contribution in [0.1, 0.15) is 125 Å². The van der Waals surface area contributed by atoms with Crippen molar-refractivity contribution in [2.24, 2.45) is 0 Å². The van der Waals surface area contributed by atoms with Crippen LogP contribution in [0.3, 0.4) is 0 Å². The second-order valence-electron chi connectivity index (χ2n) is 19.0. The van der Waals surface area contributed by atoms with Crippen LogP contribution in [0.4, 0.5) is 9.59 Å². The monoisotopic (exact) mass is 934 g/mol. The van der Waals surface area contributed by atoms with Gasteiger partial charge in [-0.25, -0.2) is 9.59 Å². The highest BCUT2D eigenvalue weighted by molar-refractivity contribution is 9.10. The highest BCUT2D eigenvalue weighted by atomic mass is 79.9. The Labute approximate surface area is 350 Å². The lowest BCUT2D eigenvalue weighted by molar-refractivity contribution is 0.0432. The van der Waals surface area contributed by atoms with Crippen LogP contribution in [0.5, 0.6) is 0 Å². The van der Waals surface area contributed by atoms with Gasteiger partial charge in [-0.15, -0.1) is 0 Å². The van der Waals surface area contributed by atoms with Crippen LogP contribution in [0, 0.1) is 0 Å². The molecule has 54 heavy (non-hydrogen) atoms. The smallest absolute Gasteiger partial charge is 0.408 e. The van der Waals surface area contributed by atoms with Gasteiger partial charge in [0, 0.05) is 21.8 Å². The van der Waals surface area contributed by atoms with Gasteiger partial charge in [-0.05, 0) is 111 Å². The van der Waals surface area contributed by atoms with Crippen molar-refractivity contribution < 1.29 is 28.6 Å². The molecule has 2 aliphatic carbocycles. The summed E-state index contributed by atoms with van der Waals surface area (Å²) in [6.45, 7) is 33.2. The second-order valence-corrected chi connectivity index (χ2v) is 32.9. The number of nitrogens with one attached hydrogen (secondary N) is 2. The molecule has 0 bridgehead atoms. The van der Waals surface area contributed by atoms with E-state index in [-0.39, 0.29) is 24.6 Å². The largest absolute Gasteiger partial charge is 0.444 e. The van der Waals surface area contributed by atoms with E-state index in [1.165, 1.54) is 5.56 Å². The number of ether oxygens (including phenoxy) is 2. The van der Waals surface area contributed by atoms with Gasteiger partial charge in [0.1, 0.15) is 11.2 Å². The van der Waals surface area contributed by atoms with E-state index in [9.17, 15) is 14.7 Å². The minimum absolute atomic E-state index is 0. The Morgan fingerprint density at radius 2 is 1.07 bits per heavy atom. The van der Waals surface area contributed by atoms with Crippen molar-refractivity contribution in [3.63, 3.8) is 0 Å². The molecule has 0 spiro atoms. The van der Waals surface area contributed by atoms with Crippen LogP contribution < -0.4 is 10.6 Å². The minimum Gasteiger partial charge on any atom is -0.444 e. The number of hydrogen-bond acceptors (Lipinski definition) is 6. The van der Waals surface area contributed by atoms with Crippen molar-refractivity contribution in [1.82, 2.24) is 10.6 Å². The van der Waals surface area contributed by atoms with Gasteiger partial charge < -0.3 is 29.6 Å². The van der Waals surface area contributed by atoms with Gasteiger partial charge in [0.15, 0.2) is 15.7 Å². The number of rotatable bonds is 4. The van der Waals surface area contributed by atoms with Gasteiger partial charge in [0.25, 0.3) is 0 Å². The Balaban J connectivity index is 0.000000456. The van der Waals surface area contributed by atoms with Gasteiger partial charge >= 0.3 is 12.2 Å². The van der Waals surface area contributed by atoms with Crippen LogP contribution in [-0.4, -0.2) is 56.4 Å². The average Bonchev–Trinajstić information content (AvgIpc) is 3.39. The normalized spacial score (nSPS) is 19.8. The number of carbonyl (C=O) groups is 2. The molecule has 2 amide bonds. The van der Waals surface area contributed by atoms with E-state index in [1.54, 1.807) is 0 Å². The number of fused-ring (bicyclic) bond motifs is 2. The predicted octanol–water partition coefficient (Wildman–Crippen LogP) is 12.8. The molecule has 0 aliphatic heterocycles. The maximum atomic E-state index is 12.4. The zero-order chi connectivity index (χ0) is 41.1. The maximum Gasteiger partial charge on any atom is 0.408 e. The summed E-state index contributed by atoms with van der Waals surface area (Å²) in [4.78, 5) is 24.2. The fourth-order valence-corrected chi connectivity index (χ4v) is 7.22. The molecule has 8 nitrogen and oxygen atoms in total. The summed E-state index contributed by atoms with van der Waals surface area (Å²) < 4.78 is 19.4. The van der Waals surface area contributed by atoms with E-state index in [1.807, 2.05) is 65.8 Å². The molecule has 0 heterocycles. The first-order chi connectivity index (χ1) is 23.7. The van der Waals surface area contributed by atoms with Crippen molar-refractivity contribution in [3.8, 4) is 0 Å². The first kappa shape index (κ1) is 50.6. The summed E-state index contributed by atoms with van der Waals surface area (Å²) in [7, 11) is -3.35. The van der Waals surface area contributed by atoms with Gasteiger partial charge in [0.2, 0.25) is 0 Å². The fourth-order valence-electron chi connectivity index (χ4n) is 5.07. The van der Waals surface area contributed by atoms with Crippen molar-refractivity contribution in [2.75, 3.05) is 0 Å². The number of carbonyl (C=O) groups excluding carboxylic acids is 2. The van der Waals surface area contributed by atoms with Crippen molar-refractivity contribution in [1.29, 1.82) is 0 Å². The maximum absolute atomic E-state index is 12.4. The fraction of sp³-hybridized carbons (Fsp3) is 0.659. The lowest BCUT2D eigenvalue weighted by Crippen LogP contribution is -2.47. The Bertz CT molecular complexity index is 1560. The van der Waals surface area contributed by atoms with Gasteiger partial charge in [-0.3, -0.25) is 0 Å². The molecule has 0 saturated heterocycles. The number of amides is 2. The SMILES string of the molecule is C.CC(C)(C)OC(=O)N[C@H]1c2ccc(Br)cc2C[C@@H]1O.CC(C)(C)OC(=O)N[C@H]1c2ccc(Br)cc2C[C@@H]1O[Si](C)(C)C(C)(C)C.CC(C)(C)[Si](C)(C)Cl. The molecular weight excluding hydrogens is 868 g/mol. The lowest BCUT2D eigenvalue weighted by Gasteiger charge is -2.40. The lowest BCUT2D eigenvalue weighted by atomic mass is 10.1. The highest BCUT2D eigenvalue weighted by Gasteiger charge is 2.44. The minimum atomic E-state index is -1.97. The molecule has 4 rings (SSSR count). The summed E-state index contributed by atoms with van der Waals surface area (Å²) >= 11 is 13.1. The number of benzene rings is 2. The summed E-state index contributed by atoms with van der Waals surface area (Å²) in [5.74, 6) is 0. The van der Waals surface area contributed by atoms with E-state index in [2.05, 4.69) is 122 Å². The van der Waals surface area contributed by atoms with Gasteiger partial charge in [0.05, 0.1) is 24.3 Å². The van der Waals surface area contributed by atoms with Crippen molar-refractivity contribution in [2.45, 2.75) is 175 Å². The molecule has 0 saturated carbocycles. The molecule has 308 valence electrons. The molecule has 0 radical (unpaired) electrons. The van der Waals surface area contributed by atoms with Crippen LogP contribution >= 0.6 is 42.9 Å². The number of halogens is 3. The molecular formula is C41H69Br2ClN2O6Si2. The number of alkyl carbamates (subject to hydrolysis) is 2. The molecule has 0 aromatic heterocycles. The standard InChI is InChI=1S/C20H32BrNO3Si.C14H18BrNO3.C6H15ClSi.CH4/c1-19(2,3)24-18(23)22-17-15-10-9-14(21)11-13(15)12-16(17)25-26(7,8)20(4,5)6;1-14(2,3)19-13(18)16-12-10-5-4-9(15)6-8(10)7-11(12)17;1-6(2,3)8(4,5)7;/h9-11,16-17H,12H2,1-8H3,(H,22,23);4-6,11-12,17H,7H2,1-3H3,(H,16,18);1-5H3;1H4/t16-,17-;11-,12-;;/m00../s1. The molecule has 0 unspecified atom stereocenters. The molecule has 2 aromatic rings. The Kier molecular flexibility index (Phi) is 17.7. The Hall–Kier alpha value is -1.42. The van der Waals surface area contributed by atoms with E-state index < -0.39 is 51.2 Å². The van der Waals surface area contributed by atoms with Crippen molar-refractivity contribution in [3.05, 3.63) is 67.6 Å². The number of aliphatic hydroxyl groups excluding tert-OH is 1. The first-order valence-corrected chi connectivity index (χ1v) is 26.8. The molecule has 3 N–H and O–H groups in total. The number of aliphatic hydroxyl groups is 1. The molecule has 13 heteroatoms. The molecule has 4 atom stereocenters. The van der Waals surface area contributed by atoms with E-state index in [0.29, 0.717) is 11.5 Å². The Morgan fingerprint density at radius 1 is 0.704 bits per heavy atom. The quantitative estimate of drug-likeness (QED) is 0.208. The summed E-state index contributed by atoms with van der Waals surface area (Å²) in [6, 6.07) is 11.4. The van der Waals surface area contributed by atoms with E-state index >= 15 is 0 Å². The molecule has 2 aromatic carbocycles. The highest BCUT2D eigenvalue weighted by Crippen LogP contribution is 2.43. The second kappa shape index (κ2) is 18.9. The summed E-state index contributed by atoms with van der Waals surface area (Å²) in [5, 5.41) is 16.3. The van der Waals surface area contributed by atoms with E-state index in [0.717, 1.165) is 32.1 Å². The third kappa shape index (κ3) is 15.5. The van der Waals surface area contributed by atoms with Gasteiger partial charge in [-0.2, -0.15) is 11.1 Å². The van der Waals surface area contributed by atoms with Crippen molar-refractivity contribution >= 4 is 70.8 Å². The third-order valence-corrected chi connectivity index (χ3v) is 20.6. The van der Waals surface area contributed by atoms with Gasteiger partial charge in [-0.1, -0.05) is 106 Å². The summed E-state index contributed by atoms with van der Waals surface area (Å²) in [6.07, 6.45) is -0.268. The van der Waals surface area contributed by atoms with Crippen LogP contribution in [-0.2, 0) is 26.7 Å². The van der Waals surface area contributed by atoms with E-state index in [4.69, 9.17) is 25.0 Å². The Morgan fingerprint density at radius 3 is 1.44 bits per heavy atom. The molecule has 2 aliphatic rings. The zero-order valence-corrected chi connectivity index (χ0v) is 40.7.